The van der Waals surface area contributed by atoms with Crippen molar-refractivity contribution >= 4 is 27.9 Å². The molecule has 1 aromatic carbocycles. The number of pyridine rings is 1. The van der Waals surface area contributed by atoms with Crippen LogP contribution in [0.4, 0.5) is 0 Å². The summed E-state index contributed by atoms with van der Waals surface area (Å²) in [5.41, 5.74) is 4.08. The second-order valence-electron chi connectivity index (χ2n) is 4.36. The lowest BCUT2D eigenvalue weighted by atomic mass is 10.1. The second kappa shape index (κ2) is 4.63. The Bertz CT molecular complexity index is 763. The van der Waals surface area contributed by atoms with Crippen LogP contribution in [0.5, 0.6) is 0 Å². The molecule has 2 aromatic heterocycles. The van der Waals surface area contributed by atoms with Gasteiger partial charge < -0.3 is 0 Å². The molecule has 19 heavy (non-hydrogen) atoms. The summed E-state index contributed by atoms with van der Waals surface area (Å²) in [5.74, 6) is 0. The normalized spacial score (nSPS) is 10.8. The summed E-state index contributed by atoms with van der Waals surface area (Å²) in [5, 5.41) is 0. The van der Waals surface area contributed by atoms with E-state index in [9.17, 15) is 4.79 Å². The van der Waals surface area contributed by atoms with E-state index < -0.39 is 0 Å². The molecule has 0 bridgehead atoms. The van der Waals surface area contributed by atoms with Crippen LogP contribution in [0, 0.1) is 6.92 Å². The van der Waals surface area contributed by atoms with Crippen molar-refractivity contribution in [2.24, 2.45) is 0 Å². The fourth-order valence-corrected chi connectivity index (χ4v) is 2.76. The summed E-state index contributed by atoms with van der Waals surface area (Å²) in [6.45, 7) is 1.98. The molecule has 0 radical (unpaired) electrons. The van der Waals surface area contributed by atoms with Gasteiger partial charge in [0.1, 0.15) is 17.0 Å². The number of imidazole rings is 1. The number of aldehydes is 1. The Kier molecular flexibility index (Phi) is 2.95. The van der Waals surface area contributed by atoms with E-state index in [1.807, 2.05) is 53.9 Å². The predicted molar refractivity (Wildman–Crippen MR) is 78.5 cm³/mol. The Morgan fingerprint density at radius 1 is 1.26 bits per heavy atom. The molecule has 0 saturated carbocycles. The van der Waals surface area contributed by atoms with Crippen molar-refractivity contribution < 1.29 is 4.79 Å². The molecule has 0 N–H and O–H groups in total. The fourth-order valence-electron chi connectivity index (χ4n) is 2.21. The maximum Gasteiger partial charge on any atom is 0.169 e. The summed E-state index contributed by atoms with van der Waals surface area (Å²) in [6, 6.07) is 11.7. The SMILES string of the molecule is Cc1cc(Br)cn2c(C=O)c(-c3ccccc3)nc12. The number of carbonyl (C=O) groups is 1. The molecule has 94 valence electrons. The van der Waals surface area contributed by atoms with E-state index in [0.29, 0.717) is 5.69 Å². The van der Waals surface area contributed by atoms with E-state index in [-0.39, 0.29) is 0 Å². The van der Waals surface area contributed by atoms with Gasteiger partial charge in [-0.1, -0.05) is 30.3 Å². The number of nitrogens with zero attached hydrogens (tertiary/aromatic N) is 2. The van der Waals surface area contributed by atoms with Gasteiger partial charge in [-0.25, -0.2) is 4.98 Å². The molecule has 0 fully saturated rings. The molecule has 0 saturated heterocycles. The number of aromatic nitrogens is 2. The van der Waals surface area contributed by atoms with E-state index in [1.165, 1.54) is 0 Å². The van der Waals surface area contributed by atoms with Crippen LogP contribution in [0.3, 0.4) is 0 Å². The number of fused-ring (bicyclic) bond motifs is 1. The molecule has 0 aliphatic carbocycles. The maximum absolute atomic E-state index is 11.4. The van der Waals surface area contributed by atoms with Crippen LogP contribution in [-0.2, 0) is 0 Å². The average Bonchev–Trinajstić information content (AvgIpc) is 2.78. The van der Waals surface area contributed by atoms with Crippen LogP contribution in [0.15, 0.2) is 47.1 Å². The topological polar surface area (TPSA) is 34.4 Å². The van der Waals surface area contributed by atoms with Crippen molar-refractivity contribution in [3.63, 3.8) is 0 Å². The lowest BCUT2D eigenvalue weighted by molar-refractivity contribution is 0.111. The molecule has 0 aliphatic rings. The van der Waals surface area contributed by atoms with E-state index in [1.54, 1.807) is 0 Å². The number of hydrogen-bond acceptors (Lipinski definition) is 2. The van der Waals surface area contributed by atoms with Crippen molar-refractivity contribution in [1.29, 1.82) is 0 Å². The van der Waals surface area contributed by atoms with Gasteiger partial charge in [-0.15, -0.1) is 0 Å². The molecule has 4 heteroatoms. The van der Waals surface area contributed by atoms with Crippen LogP contribution >= 0.6 is 15.9 Å². The quantitative estimate of drug-likeness (QED) is 0.673. The molecular formula is C15H11BrN2O. The predicted octanol–water partition coefficient (Wildman–Crippen LogP) is 3.88. The largest absolute Gasteiger partial charge is 0.296 e. The van der Waals surface area contributed by atoms with Gasteiger partial charge in [-0.05, 0) is 34.5 Å². The molecule has 3 nitrogen and oxygen atoms in total. The van der Waals surface area contributed by atoms with Crippen molar-refractivity contribution in [1.82, 2.24) is 9.38 Å². The third kappa shape index (κ3) is 1.98. The first kappa shape index (κ1) is 12.1. The highest BCUT2D eigenvalue weighted by molar-refractivity contribution is 9.10. The lowest BCUT2D eigenvalue weighted by Gasteiger charge is -2.00. The van der Waals surface area contributed by atoms with Crippen molar-refractivity contribution in [2.45, 2.75) is 6.92 Å². The summed E-state index contributed by atoms with van der Waals surface area (Å²) in [4.78, 5) is 16.0. The number of rotatable bonds is 2. The highest BCUT2D eigenvalue weighted by Gasteiger charge is 2.14. The number of halogens is 1. The summed E-state index contributed by atoms with van der Waals surface area (Å²) in [6.07, 6.45) is 2.72. The van der Waals surface area contributed by atoms with Crippen LogP contribution in [0.1, 0.15) is 16.1 Å². The van der Waals surface area contributed by atoms with Gasteiger partial charge in [0.15, 0.2) is 6.29 Å². The fraction of sp³-hybridized carbons (Fsp3) is 0.0667. The number of carbonyl (C=O) groups excluding carboxylic acids is 1. The molecular weight excluding hydrogens is 304 g/mol. The van der Waals surface area contributed by atoms with Crippen LogP contribution in [0.25, 0.3) is 16.9 Å². The van der Waals surface area contributed by atoms with Gasteiger partial charge in [0.25, 0.3) is 0 Å². The average molecular weight is 315 g/mol. The highest BCUT2D eigenvalue weighted by Crippen LogP contribution is 2.26. The standard InChI is InChI=1S/C15H11BrN2O/c1-10-7-12(16)8-18-13(9-19)14(17-15(10)18)11-5-3-2-4-6-11/h2-9H,1H3. The van der Waals surface area contributed by atoms with E-state index in [2.05, 4.69) is 20.9 Å². The first-order valence-electron chi connectivity index (χ1n) is 5.89. The van der Waals surface area contributed by atoms with Crippen LogP contribution in [-0.4, -0.2) is 15.7 Å². The minimum Gasteiger partial charge on any atom is -0.296 e. The molecule has 0 aliphatic heterocycles. The molecule has 0 amide bonds. The van der Waals surface area contributed by atoms with Crippen molar-refractivity contribution in [3.8, 4) is 11.3 Å². The Balaban J connectivity index is 2.38. The van der Waals surface area contributed by atoms with Gasteiger partial charge in [0.05, 0.1) is 0 Å². The van der Waals surface area contributed by atoms with Gasteiger partial charge in [-0.3, -0.25) is 9.20 Å². The smallest absolute Gasteiger partial charge is 0.169 e. The van der Waals surface area contributed by atoms with Gasteiger partial charge >= 0.3 is 0 Å². The third-order valence-corrected chi connectivity index (χ3v) is 3.50. The minimum absolute atomic E-state index is 0.575. The zero-order chi connectivity index (χ0) is 13.4. The van der Waals surface area contributed by atoms with Crippen molar-refractivity contribution in [2.75, 3.05) is 0 Å². The maximum atomic E-state index is 11.4. The Morgan fingerprint density at radius 2 is 2.00 bits per heavy atom. The van der Waals surface area contributed by atoms with E-state index in [4.69, 9.17) is 0 Å². The van der Waals surface area contributed by atoms with Crippen LogP contribution in [0.2, 0.25) is 0 Å². The highest BCUT2D eigenvalue weighted by atomic mass is 79.9. The molecule has 0 spiro atoms. The van der Waals surface area contributed by atoms with E-state index in [0.717, 1.165) is 33.2 Å². The molecule has 3 aromatic rings. The first-order chi connectivity index (χ1) is 9.20. The first-order valence-corrected chi connectivity index (χ1v) is 6.69. The van der Waals surface area contributed by atoms with E-state index >= 15 is 0 Å². The lowest BCUT2D eigenvalue weighted by Crippen LogP contribution is -1.93. The second-order valence-corrected chi connectivity index (χ2v) is 5.28. The number of aryl methyl sites for hydroxylation is 1. The summed E-state index contributed by atoms with van der Waals surface area (Å²) >= 11 is 3.45. The molecule has 2 heterocycles. The number of hydrogen-bond donors (Lipinski definition) is 0. The zero-order valence-corrected chi connectivity index (χ0v) is 11.9. The molecule has 0 unspecified atom stereocenters. The van der Waals surface area contributed by atoms with Crippen molar-refractivity contribution in [3.05, 3.63) is 58.3 Å². The third-order valence-electron chi connectivity index (χ3n) is 3.07. The van der Waals surface area contributed by atoms with Gasteiger partial charge in [0, 0.05) is 16.2 Å². The summed E-state index contributed by atoms with van der Waals surface area (Å²) < 4.78 is 2.76. The van der Waals surface area contributed by atoms with Gasteiger partial charge in [-0.2, -0.15) is 0 Å². The Labute approximate surface area is 119 Å². The summed E-state index contributed by atoms with van der Waals surface area (Å²) in [7, 11) is 0. The minimum atomic E-state index is 0.575. The van der Waals surface area contributed by atoms with Crippen LogP contribution < -0.4 is 0 Å². The number of benzene rings is 1. The molecule has 0 atom stereocenters. The monoisotopic (exact) mass is 314 g/mol. The molecule has 3 rings (SSSR count). The Morgan fingerprint density at radius 3 is 2.68 bits per heavy atom. The zero-order valence-electron chi connectivity index (χ0n) is 10.3. The van der Waals surface area contributed by atoms with Gasteiger partial charge in [0.2, 0.25) is 0 Å². The Hall–Kier alpha value is -1.94.